The second-order valence-corrected chi connectivity index (χ2v) is 4.73. The lowest BCUT2D eigenvalue weighted by atomic mass is 10.3. The minimum Gasteiger partial charge on any atom is -0.435 e. The van der Waals surface area contributed by atoms with Crippen molar-refractivity contribution in [3.8, 4) is 11.6 Å². The average Bonchev–Trinajstić information content (AvgIpc) is 2.71. The lowest BCUT2D eigenvalue weighted by molar-refractivity contribution is 0.457. The molecule has 2 aromatic heterocycles. The van der Waals surface area contributed by atoms with Gasteiger partial charge < -0.3 is 4.74 Å². The third kappa shape index (κ3) is 3.06. The van der Waals surface area contributed by atoms with Gasteiger partial charge in [0.2, 0.25) is 5.88 Å². The van der Waals surface area contributed by atoms with Gasteiger partial charge in [-0.3, -0.25) is 4.68 Å². The quantitative estimate of drug-likeness (QED) is 0.866. The molecule has 0 fully saturated rings. The first-order chi connectivity index (χ1) is 8.19. The van der Waals surface area contributed by atoms with Crippen LogP contribution in [0.15, 0.2) is 29.1 Å². The van der Waals surface area contributed by atoms with Gasteiger partial charge in [0, 0.05) is 22.8 Å². The van der Waals surface area contributed by atoms with Crippen molar-refractivity contribution >= 4 is 15.9 Å². The van der Waals surface area contributed by atoms with E-state index in [1.807, 2.05) is 23.9 Å². The first-order valence-electron chi connectivity index (χ1n) is 5.51. The summed E-state index contributed by atoms with van der Waals surface area (Å²) < 4.78 is 8.49. The molecule has 0 saturated heterocycles. The molecule has 0 saturated carbocycles. The molecule has 0 N–H and O–H groups in total. The fourth-order valence-corrected chi connectivity index (χ4v) is 1.94. The summed E-state index contributed by atoms with van der Waals surface area (Å²) in [5.74, 6) is 1.33. The predicted molar refractivity (Wildman–Crippen MR) is 69.3 cm³/mol. The van der Waals surface area contributed by atoms with Crippen molar-refractivity contribution in [2.75, 3.05) is 0 Å². The smallest absolute Gasteiger partial charge is 0.222 e. The molecule has 0 aliphatic rings. The van der Waals surface area contributed by atoms with E-state index in [-0.39, 0.29) is 0 Å². The van der Waals surface area contributed by atoms with Gasteiger partial charge in [0.05, 0.1) is 12.4 Å². The normalized spacial score (nSPS) is 10.5. The van der Waals surface area contributed by atoms with Crippen LogP contribution in [0, 0.1) is 6.92 Å². The van der Waals surface area contributed by atoms with Gasteiger partial charge in [-0.2, -0.15) is 5.10 Å². The van der Waals surface area contributed by atoms with Crippen molar-refractivity contribution in [1.29, 1.82) is 0 Å². The maximum atomic E-state index is 5.68. The summed E-state index contributed by atoms with van der Waals surface area (Å²) in [6.45, 7) is 4.97. The highest BCUT2D eigenvalue weighted by molar-refractivity contribution is 9.10. The summed E-state index contributed by atoms with van der Waals surface area (Å²) in [6.07, 6.45) is 6.36. The molecule has 0 radical (unpaired) electrons. The van der Waals surface area contributed by atoms with E-state index >= 15 is 0 Å². The first kappa shape index (κ1) is 12.1. The van der Waals surface area contributed by atoms with Crippen molar-refractivity contribution in [2.24, 2.45) is 0 Å². The van der Waals surface area contributed by atoms with Crippen LogP contribution in [-0.2, 0) is 6.54 Å². The Bertz CT molecular complexity index is 510. The van der Waals surface area contributed by atoms with Crippen molar-refractivity contribution in [1.82, 2.24) is 14.8 Å². The molecule has 0 atom stereocenters. The monoisotopic (exact) mass is 295 g/mol. The van der Waals surface area contributed by atoms with Gasteiger partial charge in [0.25, 0.3) is 0 Å². The topological polar surface area (TPSA) is 39.9 Å². The molecule has 0 aliphatic heterocycles. The second kappa shape index (κ2) is 5.31. The van der Waals surface area contributed by atoms with Crippen LogP contribution < -0.4 is 4.74 Å². The van der Waals surface area contributed by atoms with Gasteiger partial charge >= 0.3 is 0 Å². The molecule has 5 heteroatoms. The maximum Gasteiger partial charge on any atom is 0.222 e. The second-order valence-electron chi connectivity index (χ2n) is 3.82. The van der Waals surface area contributed by atoms with Gasteiger partial charge in [-0.15, -0.1) is 0 Å². The van der Waals surface area contributed by atoms with Gasteiger partial charge in [0.15, 0.2) is 5.75 Å². The molecule has 2 heterocycles. The van der Waals surface area contributed by atoms with Crippen LogP contribution in [-0.4, -0.2) is 14.8 Å². The fourth-order valence-electron chi connectivity index (χ4n) is 1.50. The van der Waals surface area contributed by atoms with Gasteiger partial charge in [-0.25, -0.2) is 4.98 Å². The Morgan fingerprint density at radius 2 is 2.24 bits per heavy atom. The molecule has 0 unspecified atom stereocenters. The van der Waals surface area contributed by atoms with E-state index < -0.39 is 0 Å². The van der Waals surface area contributed by atoms with E-state index in [0.717, 1.165) is 28.8 Å². The zero-order valence-electron chi connectivity index (χ0n) is 9.85. The molecule has 2 rings (SSSR count). The molecular formula is C12H14BrN3O. The Morgan fingerprint density at radius 3 is 2.94 bits per heavy atom. The highest BCUT2D eigenvalue weighted by Crippen LogP contribution is 2.24. The lowest BCUT2D eigenvalue weighted by Crippen LogP contribution is -1.95. The number of hydrogen-bond donors (Lipinski definition) is 0. The highest BCUT2D eigenvalue weighted by atomic mass is 79.9. The molecule has 17 heavy (non-hydrogen) atoms. The van der Waals surface area contributed by atoms with Gasteiger partial charge in [-0.05, 0) is 35.3 Å². The van der Waals surface area contributed by atoms with Gasteiger partial charge in [0.1, 0.15) is 0 Å². The van der Waals surface area contributed by atoms with Crippen molar-refractivity contribution in [2.45, 2.75) is 26.8 Å². The summed E-state index contributed by atoms with van der Waals surface area (Å²) in [5.41, 5.74) is 0.989. The van der Waals surface area contributed by atoms with Crippen molar-refractivity contribution in [3.63, 3.8) is 0 Å². The largest absolute Gasteiger partial charge is 0.435 e. The summed E-state index contributed by atoms with van der Waals surface area (Å²) >= 11 is 3.37. The number of nitrogens with zero attached hydrogens (tertiary/aromatic N) is 3. The Hall–Kier alpha value is -1.36. The number of aryl methyl sites for hydroxylation is 2. The van der Waals surface area contributed by atoms with Crippen LogP contribution in [0.4, 0.5) is 0 Å². The van der Waals surface area contributed by atoms with Crippen LogP contribution in [0.25, 0.3) is 0 Å². The van der Waals surface area contributed by atoms with E-state index in [1.54, 1.807) is 12.4 Å². The molecule has 0 aliphatic carbocycles. The zero-order chi connectivity index (χ0) is 12.3. The lowest BCUT2D eigenvalue weighted by Gasteiger charge is -2.04. The predicted octanol–water partition coefficient (Wildman–Crippen LogP) is 3.55. The first-order valence-corrected chi connectivity index (χ1v) is 6.31. The maximum absolute atomic E-state index is 5.68. The summed E-state index contributed by atoms with van der Waals surface area (Å²) in [7, 11) is 0. The highest BCUT2D eigenvalue weighted by Gasteiger charge is 2.05. The Kier molecular flexibility index (Phi) is 3.78. The number of pyridine rings is 1. The molecule has 90 valence electrons. The fraction of sp³-hybridized carbons (Fsp3) is 0.333. The van der Waals surface area contributed by atoms with Crippen molar-refractivity contribution < 1.29 is 4.74 Å². The number of hydrogen-bond acceptors (Lipinski definition) is 3. The SMILES string of the molecule is CCCn1cc(Oc2ncc(Br)cc2C)cn1. The molecule has 0 spiro atoms. The Morgan fingerprint density at radius 1 is 1.41 bits per heavy atom. The number of halogens is 1. The molecular weight excluding hydrogens is 282 g/mol. The van der Waals surface area contributed by atoms with Crippen molar-refractivity contribution in [3.05, 3.63) is 34.7 Å². The van der Waals surface area contributed by atoms with E-state index in [4.69, 9.17) is 4.74 Å². The van der Waals surface area contributed by atoms with Crippen LogP contribution in [0.3, 0.4) is 0 Å². The molecule has 0 amide bonds. The minimum absolute atomic E-state index is 0.615. The average molecular weight is 296 g/mol. The third-order valence-corrected chi connectivity index (χ3v) is 2.71. The molecule has 0 aromatic carbocycles. The van der Waals surface area contributed by atoms with E-state index in [0.29, 0.717) is 5.88 Å². The minimum atomic E-state index is 0.615. The van der Waals surface area contributed by atoms with E-state index in [1.165, 1.54) is 0 Å². The Labute approximate surface area is 109 Å². The molecule has 2 aromatic rings. The van der Waals surface area contributed by atoms with Crippen LogP contribution >= 0.6 is 15.9 Å². The number of rotatable bonds is 4. The molecule has 4 nitrogen and oxygen atoms in total. The summed E-state index contributed by atoms with van der Waals surface area (Å²) in [4.78, 5) is 4.22. The molecule has 0 bridgehead atoms. The van der Waals surface area contributed by atoms with E-state index in [9.17, 15) is 0 Å². The number of ether oxygens (including phenoxy) is 1. The third-order valence-electron chi connectivity index (χ3n) is 2.27. The van der Waals surface area contributed by atoms with Crippen LogP contribution in [0.5, 0.6) is 11.6 Å². The standard InChI is InChI=1S/C12H14BrN3O/c1-3-4-16-8-11(7-15-16)17-12-9(2)5-10(13)6-14-12/h5-8H,3-4H2,1-2H3. The van der Waals surface area contributed by atoms with Crippen LogP contribution in [0.1, 0.15) is 18.9 Å². The van der Waals surface area contributed by atoms with Crippen LogP contribution in [0.2, 0.25) is 0 Å². The Balaban J connectivity index is 2.13. The zero-order valence-corrected chi connectivity index (χ0v) is 11.4. The summed E-state index contributed by atoms with van der Waals surface area (Å²) in [6, 6.07) is 1.97. The van der Waals surface area contributed by atoms with Gasteiger partial charge in [-0.1, -0.05) is 6.92 Å². The number of aromatic nitrogens is 3. The summed E-state index contributed by atoms with van der Waals surface area (Å²) in [5, 5.41) is 4.20. The van der Waals surface area contributed by atoms with E-state index in [2.05, 4.69) is 32.9 Å².